The van der Waals surface area contributed by atoms with Crippen LogP contribution in [0.25, 0.3) is 0 Å². The number of carbonyl (C=O) groups is 2. The van der Waals surface area contributed by atoms with Gasteiger partial charge in [0.15, 0.2) is 5.78 Å². The van der Waals surface area contributed by atoms with Crippen LogP contribution in [-0.2, 0) is 11.3 Å². The third-order valence-electron chi connectivity index (χ3n) is 4.95. The molecule has 1 N–H and O–H groups in total. The number of aromatic nitrogens is 1. The number of hydrogen-bond donors (Lipinski definition) is 1. The number of carbonyl (C=O) groups excluding carboxylic acids is 1. The zero-order chi connectivity index (χ0) is 19.5. The summed E-state index contributed by atoms with van der Waals surface area (Å²) in [6.07, 6.45) is -1.80. The Hall–Kier alpha value is -1.83. The van der Waals surface area contributed by atoms with E-state index in [2.05, 4.69) is 0 Å². The summed E-state index contributed by atoms with van der Waals surface area (Å²) < 4.78 is 39.2. The average Bonchev–Trinajstić information content (AvgIpc) is 2.80. The molecule has 1 aliphatic rings. The fourth-order valence-corrected chi connectivity index (χ4v) is 3.65. The Labute approximate surface area is 150 Å². The highest BCUT2D eigenvalue weighted by Crippen LogP contribution is 2.25. The Morgan fingerprint density at radius 2 is 2.00 bits per heavy atom. The van der Waals surface area contributed by atoms with Crippen LogP contribution >= 0.6 is 0 Å². The molecule has 1 unspecified atom stereocenters. The van der Waals surface area contributed by atoms with Crippen molar-refractivity contribution in [2.45, 2.75) is 52.3 Å². The van der Waals surface area contributed by atoms with Gasteiger partial charge in [0.25, 0.3) is 0 Å². The lowest BCUT2D eigenvalue weighted by Crippen LogP contribution is -2.39. The van der Waals surface area contributed by atoms with E-state index in [1.54, 1.807) is 6.92 Å². The quantitative estimate of drug-likeness (QED) is 0.743. The van der Waals surface area contributed by atoms with Crippen molar-refractivity contribution in [3.8, 4) is 0 Å². The number of Topliss-reactive ketones (excluding diaryl/α,β-unsaturated/α-hetero) is 1. The van der Waals surface area contributed by atoms with E-state index in [0.29, 0.717) is 29.9 Å². The molecule has 0 radical (unpaired) electrons. The van der Waals surface area contributed by atoms with E-state index in [1.807, 2.05) is 4.90 Å². The van der Waals surface area contributed by atoms with Crippen molar-refractivity contribution in [2.24, 2.45) is 5.92 Å². The van der Waals surface area contributed by atoms with Crippen LogP contribution in [0.1, 0.15) is 47.4 Å². The predicted molar refractivity (Wildman–Crippen MR) is 90.3 cm³/mol. The summed E-state index contributed by atoms with van der Waals surface area (Å²) in [5.41, 5.74) is 1.09. The highest BCUT2D eigenvalue weighted by molar-refractivity contribution is 5.99. The van der Waals surface area contributed by atoms with Crippen molar-refractivity contribution in [3.05, 3.63) is 23.0 Å². The molecule has 146 valence electrons. The molecule has 0 bridgehead atoms. The molecule has 2 rings (SSSR count). The molecule has 1 aromatic rings. The van der Waals surface area contributed by atoms with Crippen molar-refractivity contribution in [1.82, 2.24) is 9.47 Å². The van der Waals surface area contributed by atoms with Gasteiger partial charge in [0.1, 0.15) is 6.54 Å². The molecular formula is C18H25F3N2O3. The van der Waals surface area contributed by atoms with E-state index in [1.165, 1.54) is 13.0 Å². The number of likely N-dealkylation sites (tertiary alicyclic amines) is 1. The molecule has 1 aromatic heterocycles. The van der Waals surface area contributed by atoms with Gasteiger partial charge in [-0.2, -0.15) is 13.2 Å². The first kappa shape index (κ1) is 20.5. The lowest BCUT2D eigenvalue weighted by Gasteiger charge is -2.32. The summed E-state index contributed by atoms with van der Waals surface area (Å²) >= 11 is 0. The fraction of sp³-hybridized carbons (Fsp3) is 0.667. The van der Waals surface area contributed by atoms with Gasteiger partial charge in [-0.1, -0.05) is 0 Å². The number of aliphatic carboxylic acids is 1. The number of hydrogen-bond acceptors (Lipinski definition) is 3. The Balaban J connectivity index is 2.01. The molecular weight excluding hydrogens is 349 g/mol. The summed E-state index contributed by atoms with van der Waals surface area (Å²) in [5.74, 6) is -0.772. The Kier molecular flexibility index (Phi) is 6.49. The van der Waals surface area contributed by atoms with Gasteiger partial charge in [0, 0.05) is 29.9 Å². The zero-order valence-electron chi connectivity index (χ0n) is 15.1. The van der Waals surface area contributed by atoms with Crippen molar-refractivity contribution < 1.29 is 27.9 Å². The summed E-state index contributed by atoms with van der Waals surface area (Å²) in [6, 6.07) is 1.52. The van der Waals surface area contributed by atoms with Gasteiger partial charge in [0.2, 0.25) is 0 Å². The van der Waals surface area contributed by atoms with Crippen LogP contribution in [-0.4, -0.2) is 52.1 Å². The minimum Gasteiger partial charge on any atom is -0.481 e. The number of aryl methyl sites for hydroxylation is 1. The number of carboxylic acids is 1. The maximum Gasteiger partial charge on any atom is 0.406 e. The summed E-state index contributed by atoms with van der Waals surface area (Å²) in [4.78, 5) is 25.3. The summed E-state index contributed by atoms with van der Waals surface area (Å²) in [6.45, 7) is 3.56. The number of alkyl halides is 3. The minimum atomic E-state index is -4.33. The Morgan fingerprint density at radius 3 is 2.62 bits per heavy atom. The normalized spacial score (nSPS) is 18.9. The highest BCUT2D eigenvalue weighted by Gasteiger charge is 2.31. The van der Waals surface area contributed by atoms with Crippen LogP contribution in [0.15, 0.2) is 6.07 Å². The van der Waals surface area contributed by atoms with Crippen molar-refractivity contribution >= 4 is 11.8 Å². The fourth-order valence-electron chi connectivity index (χ4n) is 3.65. The zero-order valence-corrected chi connectivity index (χ0v) is 15.1. The molecule has 1 fully saturated rings. The number of nitrogens with zero attached hydrogens (tertiary/aromatic N) is 2. The first-order chi connectivity index (χ1) is 12.1. The Morgan fingerprint density at radius 1 is 1.31 bits per heavy atom. The van der Waals surface area contributed by atoms with Crippen LogP contribution < -0.4 is 0 Å². The largest absolute Gasteiger partial charge is 0.481 e. The lowest BCUT2D eigenvalue weighted by molar-refractivity contribution is -0.141. The van der Waals surface area contributed by atoms with Crippen LogP contribution in [0.5, 0.6) is 0 Å². The van der Waals surface area contributed by atoms with Gasteiger partial charge < -0.3 is 9.67 Å². The van der Waals surface area contributed by atoms with Gasteiger partial charge in [0.05, 0.1) is 6.54 Å². The van der Waals surface area contributed by atoms with E-state index in [0.717, 1.165) is 24.0 Å². The number of ketones is 1. The van der Waals surface area contributed by atoms with Crippen LogP contribution in [0.4, 0.5) is 13.2 Å². The van der Waals surface area contributed by atoms with Gasteiger partial charge in [-0.15, -0.1) is 0 Å². The summed E-state index contributed by atoms with van der Waals surface area (Å²) in [5, 5.41) is 8.79. The molecule has 2 heterocycles. The summed E-state index contributed by atoms with van der Waals surface area (Å²) in [7, 11) is 0. The number of rotatable bonds is 7. The average molecular weight is 374 g/mol. The van der Waals surface area contributed by atoms with Crippen LogP contribution in [0.3, 0.4) is 0 Å². The molecule has 1 saturated heterocycles. The molecule has 1 aliphatic heterocycles. The minimum absolute atomic E-state index is 0.116. The Bertz CT molecular complexity index is 667. The first-order valence-corrected chi connectivity index (χ1v) is 8.77. The molecule has 0 amide bonds. The molecule has 1 atom stereocenters. The van der Waals surface area contributed by atoms with E-state index in [-0.39, 0.29) is 24.7 Å². The molecule has 8 heteroatoms. The molecule has 5 nitrogen and oxygen atoms in total. The maximum absolute atomic E-state index is 12.7. The van der Waals surface area contributed by atoms with Gasteiger partial charge in [-0.3, -0.25) is 14.5 Å². The van der Waals surface area contributed by atoms with Gasteiger partial charge in [-0.05, 0) is 51.6 Å². The number of piperidine rings is 1. The first-order valence-electron chi connectivity index (χ1n) is 8.77. The van der Waals surface area contributed by atoms with Crippen molar-refractivity contribution in [2.75, 3.05) is 19.6 Å². The third-order valence-corrected chi connectivity index (χ3v) is 4.95. The van der Waals surface area contributed by atoms with E-state index in [4.69, 9.17) is 5.11 Å². The molecule has 0 saturated carbocycles. The van der Waals surface area contributed by atoms with Crippen LogP contribution in [0.2, 0.25) is 0 Å². The second kappa shape index (κ2) is 8.24. The molecule has 26 heavy (non-hydrogen) atoms. The molecule has 0 aromatic carbocycles. The lowest BCUT2D eigenvalue weighted by atomic mass is 9.93. The van der Waals surface area contributed by atoms with Crippen molar-refractivity contribution in [1.29, 1.82) is 0 Å². The topological polar surface area (TPSA) is 62.5 Å². The smallest absolute Gasteiger partial charge is 0.406 e. The van der Waals surface area contributed by atoms with E-state index in [9.17, 15) is 22.8 Å². The van der Waals surface area contributed by atoms with Gasteiger partial charge in [-0.25, -0.2) is 0 Å². The highest BCUT2D eigenvalue weighted by atomic mass is 19.4. The molecule has 0 spiro atoms. The van der Waals surface area contributed by atoms with Crippen molar-refractivity contribution in [3.63, 3.8) is 0 Å². The number of carboxylic acid groups (broad SMARTS) is 1. The third kappa shape index (κ3) is 5.59. The van der Waals surface area contributed by atoms with Crippen LogP contribution in [0, 0.1) is 19.8 Å². The van der Waals surface area contributed by atoms with E-state index < -0.39 is 18.7 Å². The SMILES string of the molecule is Cc1cc(C(=O)CN2CCCC(CCC(=O)O)C2)c(C)n1CC(F)(F)F. The monoisotopic (exact) mass is 374 g/mol. The van der Waals surface area contributed by atoms with E-state index >= 15 is 0 Å². The standard InChI is InChI=1S/C18H25F3N2O3/c1-12-8-15(13(2)23(12)11-18(19,20)21)16(24)10-22-7-3-4-14(9-22)5-6-17(25)26/h8,14H,3-7,9-11H2,1-2H3,(H,25,26). The molecule has 0 aliphatic carbocycles. The second-order valence-corrected chi connectivity index (χ2v) is 7.09. The number of halogens is 3. The predicted octanol–water partition coefficient (Wildman–Crippen LogP) is 3.43. The maximum atomic E-state index is 12.7. The van der Waals surface area contributed by atoms with Gasteiger partial charge >= 0.3 is 12.1 Å². The second-order valence-electron chi connectivity index (χ2n) is 7.09.